The summed E-state index contributed by atoms with van der Waals surface area (Å²) in [6.45, 7) is 3.49. The van der Waals surface area contributed by atoms with Gasteiger partial charge in [0.15, 0.2) is 16.7 Å². The van der Waals surface area contributed by atoms with Crippen LogP contribution in [0.15, 0.2) is 23.4 Å². The fourth-order valence-corrected chi connectivity index (χ4v) is 3.75. The van der Waals surface area contributed by atoms with Crippen LogP contribution in [0.5, 0.6) is 11.5 Å². The number of carbonyl (C=O) groups excluding carboxylic acids is 1. The minimum Gasteiger partial charge on any atom is -0.493 e. The summed E-state index contributed by atoms with van der Waals surface area (Å²) >= 11 is 1.44. The zero-order valence-electron chi connectivity index (χ0n) is 16.0. The van der Waals surface area contributed by atoms with Crippen molar-refractivity contribution in [3.05, 3.63) is 29.6 Å². The van der Waals surface area contributed by atoms with E-state index in [0.717, 1.165) is 29.5 Å². The summed E-state index contributed by atoms with van der Waals surface area (Å²) in [7, 11) is 3.23. The van der Waals surface area contributed by atoms with Gasteiger partial charge in [0.1, 0.15) is 5.82 Å². The molecule has 1 aliphatic carbocycles. The van der Waals surface area contributed by atoms with Gasteiger partial charge in [0.25, 0.3) is 0 Å². The Morgan fingerprint density at radius 2 is 2.04 bits per heavy atom. The SMILES string of the molecule is CCn1c(SCC(=O)NCCc2ccc(OC)c(OC)c2)nnc1C1CC1. The lowest BCUT2D eigenvalue weighted by molar-refractivity contribution is -0.118. The van der Waals surface area contributed by atoms with Crippen LogP contribution in [0.4, 0.5) is 0 Å². The highest BCUT2D eigenvalue weighted by molar-refractivity contribution is 7.99. The van der Waals surface area contributed by atoms with Crippen molar-refractivity contribution in [3.8, 4) is 11.5 Å². The monoisotopic (exact) mass is 390 g/mol. The van der Waals surface area contributed by atoms with Crippen molar-refractivity contribution in [2.75, 3.05) is 26.5 Å². The second kappa shape index (κ2) is 9.12. The number of ether oxygens (including phenoxy) is 2. The van der Waals surface area contributed by atoms with Gasteiger partial charge < -0.3 is 19.4 Å². The molecule has 146 valence electrons. The predicted octanol–water partition coefficient (Wildman–Crippen LogP) is 2.64. The number of carbonyl (C=O) groups is 1. The van der Waals surface area contributed by atoms with Crippen molar-refractivity contribution in [2.45, 2.75) is 43.8 Å². The van der Waals surface area contributed by atoms with Crippen molar-refractivity contribution in [1.29, 1.82) is 0 Å². The third-order valence-electron chi connectivity index (χ3n) is 4.52. The molecule has 1 N–H and O–H groups in total. The zero-order valence-corrected chi connectivity index (χ0v) is 16.8. The Kier molecular flexibility index (Phi) is 6.60. The number of hydrogen-bond donors (Lipinski definition) is 1. The van der Waals surface area contributed by atoms with Crippen molar-refractivity contribution in [3.63, 3.8) is 0 Å². The molecule has 0 bridgehead atoms. The van der Waals surface area contributed by atoms with E-state index in [1.165, 1.54) is 24.6 Å². The number of methoxy groups -OCH3 is 2. The molecule has 0 spiro atoms. The number of hydrogen-bond acceptors (Lipinski definition) is 6. The zero-order chi connectivity index (χ0) is 19.2. The molecule has 0 atom stereocenters. The van der Waals surface area contributed by atoms with E-state index < -0.39 is 0 Å². The minimum absolute atomic E-state index is 0.000832. The Bertz CT molecular complexity index is 789. The van der Waals surface area contributed by atoms with Crippen LogP contribution in [0.3, 0.4) is 0 Å². The Balaban J connectivity index is 1.45. The molecule has 0 unspecified atom stereocenters. The van der Waals surface area contributed by atoms with Gasteiger partial charge in [-0.05, 0) is 43.9 Å². The average molecular weight is 391 g/mol. The molecule has 1 fully saturated rings. The predicted molar refractivity (Wildman–Crippen MR) is 105 cm³/mol. The molecule has 2 aromatic rings. The summed E-state index contributed by atoms with van der Waals surface area (Å²) in [5.41, 5.74) is 1.08. The normalized spacial score (nSPS) is 13.4. The summed E-state index contributed by atoms with van der Waals surface area (Å²) in [6, 6.07) is 5.79. The summed E-state index contributed by atoms with van der Waals surface area (Å²) in [6.07, 6.45) is 3.12. The van der Waals surface area contributed by atoms with E-state index in [-0.39, 0.29) is 5.91 Å². The molecule has 1 heterocycles. The second-order valence-corrected chi connectivity index (χ2v) is 7.38. The van der Waals surface area contributed by atoms with E-state index in [0.29, 0.717) is 29.7 Å². The van der Waals surface area contributed by atoms with Gasteiger partial charge in [-0.25, -0.2) is 0 Å². The van der Waals surface area contributed by atoms with Gasteiger partial charge in [0, 0.05) is 19.0 Å². The molecule has 1 aliphatic rings. The smallest absolute Gasteiger partial charge is 0.230 e. The van der Waals surface area contributed by atoms with Crippen molar-refractivity contribution >= 4 is 17.7 Å². The number of rotatable bonds is 10. The van der Waals surface area contributed by atoms with E-state index in [9.17, 15) is 4.79 Å². The van der Waals surface area contributed by atoms with Gasteiger partial charge in [0.05, 0.1) is 20.0 Å². The fourth-order valence-electron chi connectivity index (χ4n) is 2.91. The van der Waals surface area contributed by atoms with Crippen LogP contribution in [0.1, 0.15) is 37.1 Å². The number of benzene rings is 1. The molecular weight excluding hydrogens is 364 g/mol. The highest BCUT2D eigenvalue weighted by Crippen LogP contribution is 2.39. The summed E-state index contributed by atoms with van der Waals surface area (Å²) in [4.78, 5) is 12.1. The van der Waals surface area contributed by atoms with E-state index in [1.807, 2.05) is 18.2 Å². The topological polar surface area (TPSA) is 78.3 Å². The maximum atomic E-state index is 12.1. The van der Waals surface area contributed by atoms with Crippen LogP contribution < -0.4 is 14.8 Å². The lowest BCUT2D eigenvalue weighted by Crippen LogP contribution is -2.27. The summed E-state index contributed by atoms with van der Waals surface area (Å²) in [5, 5.41) is 12.3. The van der Waals surface area contributed by atoms with Gasteiger partial charge in [-0.2, -0.15) is 0 Å². The molecular formula is C19H26N4O3S. The largest absolute Gasteiger partial charge is 0.493 e. The van der Waals surface area contributed by atoms with E-state index in [1.54, 1.807) is 14.2 Å². The number of amides is 1. The van der Waals surface area contributed by atoms with Crippen LogP contribution >= 0.6 is 11.8 Å². The highest BCUT2D eigenvalue weighted by atomic mass is 32.2. The van der Waals surface area contributed by atoms with Gasteiger partial charge in [0.2, 0.25) is 5.91 Å². The van der Waals surface area contributed by atoms with E-state index in [2.05, 4.69) is 27.0 Å². The molecule has 1 aromatic carbocycles. The Labute approximate surface area is 163 Å². The Hall–Kier alpha value is -2.22. The van der Waals surface area contributed by atoms with Crippen LogP contribution in [0.2, 0.25) is 0 Å². The molecule has 8 heteroatoms. The molecule has 3 rings (SSSR count). The van der Waals surface area contributed by atoms with E-state index in [4.69, 9.17) is 9.47 Å². The molecule has 1 aromatic heterocycles. The first kappa shape index (κ1) is 19.5. The summed E-state index contributed by atoms with van der Waals surface area (Å²) in [5.74, 6) is 3.36. The number of aromatic nitrogens is 3. The first-order valence-corrected chi connectivity index (χ1v) is 10.2. The quantitative estimate of drug-likeness (QED) is 0.629. The first-order chi connectivity index (χ1) is 13.2. The van der Waals surface area contributed by atoms with E-state index >= 15 is 0 Å². The number of nitrogens with zero attached hydrogens (tertiary/aromatic N) is 3. The first-order valence-electron chi connectivity index (χ1n) is 9.19. The molecule has 0 aliphatic heterocycles. The van der Waals surface area contributed by atoms with Gasteiger partial charge in [-0.15, -0.1) is 10.2 Å². The molecule has 1 amide bonds. The molecule has 0 saturated heterocycles. The average Bonchev–Trinajstić information content (AvgIpc) is 3.45. The molecule has 1 saturated carbocycles. The third kappa shape index (κ3) is 4.94. The van der Waals surface area contributed by atoms with Crippen molar-refractivity contribution in [2.24, 2.45) is 0 Å². The van der Waals surface area contributed by atoms with Crippen molar-refractivity contribution < 1.29 is 14.3 Å². The van der Waals surface area contributed by atoms with Gasteiger partial charge >= 0.3 is 0 Å². The third-order valence-corrected chi connectivity index (χ3v) is 5.49. The lowest BCUT2D eigenvalue weighted by Gasteiger charge is -2.10. The molecule has 7 nitrogen and oxygen atoms in total. The minimum atomic E-state index is -0.000832. The number of nitrogens with one attached hydrogen (secondary N) is 1. The molecule has 27 heavy (non-hydrogen) atoms. The Morgan fingerprint density at radius 3 is 2.70 bits per heavy atom. The van der Waals surface area contributed by atoms with Crippen molar-refractivity contribution in [1.82, 2.24) is 20.1 Å². The van der Waals surface area contributed by atoms with Gasteiger partial charge in [-0.3, -0.25) is 4.79 Å². The fraction of sp³-hybridized carbons (Fsp3) is 0.526. The van der Waals surface area contributed by atoms with Crippen LogP contribution in [-0.4, -0.2) is 47.2 Å². The van der Waals surface area contributed by atoms with Gasteiger partial charge in [-0.1, -0.05) is 17.8 Å². The van der Waals surface area contributed by atoms with Crippen LogP contribution in [0.25, 0.3) is 0 Å². The Morgan fingerprint density at radius 1 is 1.26 bits per heavy atom. The second-order valence-electron chi connectivity index (χ2n) is 6.44. The van der Waals surface area contributed by atoms with Crippen LogP contribution in [-0.2, 0) is 17.8 Å². The number of thioether (sulfide) groups is 1. The standard InChI is InChI=1S/C19H26N4O3S/c1-4-23-18(14-6-7-14)21-22-19(23)27-12-17(24)20-10-9-13-5-8-15(25-2)16(11-13)26-3/h5,8,11,14H,4,6-7,9-10,12H2,1-3H3,(H,20,24). The maximum absolute atomic E-state index is 12.1. The molecule has 0 radical (unpaired) electrons. The van der Waals surface area contributed by atoms with Crippen LogP contribution in [0, 0.1) is 0 Å². The maximum Gasteiger partial charge on any atom is 0.230 e. The summed E-state index contributed by atoms with van der Waals surface area (Å²) < 4.78 is 12.7. The lowest BCUT2D eigenvalue weighted by atomic mass is 10.1. The highest BCUT2D eigenvalue weighted by Gasteiger charge is 2.30.